The molecule has 1 fully saturated rings. The zero-order valence-corrected chi connectivity index (χ0v) is 19.8. The number of rotatable bonds is 8. The van der Waals surface area contributed by atoms with Gasteiger partial charge in [-0.15, -0.1) is 0 Å². The average molecular weight is 488 g/mol. The Morgan fingerprint density at radius 2 is 1.83 bits per heavy atom. The maximum atomic E-state index is 11.0. The zero-order valence-electron chi connectivity index (χ0n) is 19.8. The van der Waals surface area contributed by atoms with Gasteiger partial charge >= 0.3 is 0 Å². The summed E-state index contributed by atoms with van der Waals surface area (Å²) in [5, 5.41) is 33.4. The highest BCUT2D eigenvalue weighted by Gasteiger charge is 2.47. The number of nitrogens with zero attached hydrogens (tertiary/aromatic N) is 3. The number of ether oxygens (including phenoxy) is 2. The van der Waals surface area contributed by atoms with Crippen molar-refractivity contribution in [3.63, 3.8) is 0 Å². The molecule has 0 radical (unpaired) electrons. The van der Waals surface area contributed by atoms with Gasteiger partial charge in [0.1, 0.15) is 36.4 Å². The standard InChI is InChI=1S/C28H29N3O5/c32-23(20-9-7-18-6-8-19(18)14-20)26-24(33)25(34)28(36-26)31-12-10-21-22(29-16-30-27(21)31)11-13-35-15-17-4-2-1-3-5-17/h1-5,7,9-10,12,14,16,23-26,28,32-34H,6,8,11,13,15H2/t23-,24+,25-,26-,28-/m1/s1. The highest BCUT2D eigenvalue weighted by molar-refractivity contribution is 5.78. The van der Waals surface area contributed by atoms with Crippen molar-refractivity contribution < 1.29 is 24.8 Å². The Kier molecular flexibility index (Phi) is 6.29. The molecular formula is C28H29N3O5. The van der Waals surface area contributed by atoms with Gasteiger partial charge in [-0.2, -0.15) is 0 Å². The number of fused-ring (bicyclic) bond motifs is 2. The van der Waals surface area contributed by atoms with E-state index in [0.29, 0.717) is 30.8 Å². The maximum Gasteiger partial charge on any atom is 0.164 e. The van der Waals surface area contributed by atoms with Crippen LogP contribution in [0.5, 0.6) is 0 Å². The third kappa shape index (κ3) is 4.21. The van der Waals surface area contributed by atoms with E-state index in [0.717, 1.165) is 29.5 Å². The number of benzene rings is 2. The van der Waals surface area contributed by atoms with Crippen LogP contribution in [0.1, 0.15) is 40.3 Å². The van der Waals surface area contributed by atoms with Gasteiger partial charge < -0.3 is 29.4 Å². The molecule has 1 aliphatic heterocycles. The van der Waals surface area contributed by atoms with E-state index in [9.17, 15) is 15.3 Å². The minimum atomic E-state index is -1.25. The molecule has 0 saturated carbocycles. The molecule has 8 heteroatoms. The lowest BCUT2D eigenvalue weighted by Crippen LogP contribution is -2.35. The summed E-state index contributed by atoms with van der Waals surface area (Å²) in [5.41, 5.74) is 5.72. The zero-order chi connectivity index (χ0) is 24.6. The molecule has 1 saturated heterocycles. The van der Waals surface area contributed by atoms with Crippen molar-refractivity contribution in [1.29, 1.82) is 0 Å². The fourth-order valence-corrected chi connectivity index (χ4v) is 5.13. The number of hydrogen-bond acceptors (Lipinski definition) is 7. The van der Waals surface area contributed by atoms with Crippen molar-refractivity contribution in [2.75, 3.05) is 6.61 Å². The van der Waals surface area contributed by atoms with Crippen molar-refractivity contribution in [2.24, 2.45) is 0 Å². The third-order valence-corrected chi connectivity index (χ3v) is 7.28. The normalized spacial score (nSPS) is 24.0. The Labute approximate surface area is 208 Å². The largest absolute Gasteiger partial charge is 0.387 e. The van der Waals surface area contributed by atoms with E-state index in [1.807, 2.05) is 54.6 Å². The van der Waals surface area contributed by atoms with E-state index in [4.69, 9.17) is 9.47 Å². The van der Waals surface area contributed by atoms with E-state index < -0.39 is 30.6 Å². The summed E-state index contributed by atoms with van der Waals surface area (Å²) < 4.78 is 13.6. The highest BCUT2D eigenvalue weighted by atomic mass is 16.6. The topological polar surface area (TPSA) is 110 Å². The third-order valence-electron chi connectivity index (χ3n) is 7.28. The molecule has 3 heterocycles. The van der Waals surface area contributed by atoms with Crippen molar-refractivity contribution in [3.05, 3.63) is 95.1 Å². The van der Waals surface area contributed by atoms with Crippen LogP contribution in [0, 0.1) is 0 Å². The van der Waals surface area contributed by atoms with Crippen molar-refractivity contribution >= 4 is 11.0 Å². The van der Waals surface area contributed by atoms with Crippen molar-refractivity contribution in [3.8, 4) is 0 Å². The summed E-state index contributed by atoms with van der Waals surface area (Å²) in [6.07, 6.45) is 0.523. The Balaban J connectivity index is 1.17. The lowest BCUT2D eigenvalue weighted by Gasteiger charge is -2.25. The molecule has 1 aliphatic carbocycles. The lowest BCUT2D eigenvalue weighted by atomic mass is 9.85. The first-order chi connectivity index (χ1) is 17.6. The molecular weight excluding hydrogens is 458 g/mol. The van der Waals surface area contributed by atoms with Gasteiger partial charge in [-0.1, -0.05) is 48.5 Å². The smallest absolute Gasteiger partial charge is 0.164 e. The van der Waals surface area contributed by atoms with Gasteiger partial charge in [-0.25, -0.2) is 9.97 Å². The molecule has 5 atom stereocenters. The first-order valence-corrected chi connectivity index (χ1v) is 12.3. The number of aliphatic hydroxyl groups excluding tert-OH is 3. The molecule has 3 N–H and O–H groups in total. The number of aliphatic hydroxyl groups is 3. The van der Waals surface area contributed by atoms with Crippen LogP contribution >= 0.6 is 0 Å². The van der Waals surface area contributed by atoms with E-state index in [1.165, 1.54) is 17.5 Å². The summed E-state index contributed by atoms with van der Waals surface area (Å²) in [5.74, 6) is 0. The van der Waals surface area contributed by atoms with Gasteiger partial charge in [0.2, 0.25) is 0 Å². The number of aryl methyl sites for hydroxylation is 2. The summed E-state index contributed by atoms with van der Waals surface area (Å²) >= 11 is 0. The summed E-state index contributed by atoms with van der Waals surface area (Å²) in [4.78, 5) is 8.85. The molecule has 6 rings (SSSR count). The molecule has 2 aromatic heterocycles. The molecule has 0 unspecified atom stereocenters. The second-order valence-electron chi connectivity index (χ2n) is 9.51. The van der Waals surface area contributed by atoms with Crippen LogP contribution < -0.4 is 0 Å². The molecule has 4 aromatic rings. The molecule has 36 heavy (non-hydrogen) atoms. The van der Waals surface area contributed by atoms with Crippen LogP contribution in [-0.2, 0) is 35.3 Å². The van der Waals surface area contributed by atoms with Gasteiger partial charge in [-0.05, 0) is 41.2 Å². The van der Waals surface area contributed by atoms with Gasteiger partial charge in [0.05, 0.1) is 18.9 Å². The molecule has 8 nitrogen and oxygen atoms in total. The molecule has 0 bridgehead atoms. The molecule has 0 amide bonds. The van der Waals surface area contributed by atoms with Crippen LogP contribution in [0.3, 0.4) is 0 Å². The first kappa shape index (κ1) is 23.3. The van der Waals surface area contributed by atoms with Crippen molar-refractivity contribution in [2.45, 2.75) is 56.5 Å². The van der Waals surface area contributed by atoms with Gasteiger partial charge in [-0.3, -0.25) is 0 Å². The maximum absolute atomic E-state index is 11.0. The highest BCUT2D eigenvalue weighted by Crippen LogP contribution is 2.38. The SMILES string of the molecule is O[C@@H]1[C@H](O)[C@@H]([C@H](O)c2ccc3c(c2)CC3)O[C@H]1n1ccc2c(CCOCc3ccccc3)ncnc21. The first-order valence-electron chi connectivity index (χ1n) is 12.3. The van der Waals surface area contributed by atoms with E-state index >= 15 is 0 Å². The lowest BCUT2D eigenvalue weighted by molar-refractivity contribution is -0.0848. The second-order valence-corrected chi connectivity index (χ2v) is 9.51. The molecule has 2 aliphatic rings. The van der Waals surface area contributed by atoms with E-state index in [1.54, 1.807) is 10.8 Å². The van der Waals surface area contributed by atoms with Gasteiger partial charge in [0.25, 0.3) is 0 Å². The van der Waals surface area contributed by atoms with Gasteiger partial charge in [0, 0.05) is 18.0 Å². The second kappa shape index (κ2) is 9.72. The summed E-state index contributed by atoms with van der Waals surface area (Å²) in [7, 11) is 0. The predicted molar refractivity (Wildman–Crippen MR) is 132 cm³/mol. The molecule has 186 valence electrons. The average Bonchev–Trinajstić information content (AvgIpc) is 3.44. The number of aromatic nitrogens is 3. The minimum absolute atomic E-state index is 0.502. The molecule has 0 spiro atoms. The quantitative estimate of drug-likeness (QED) is 0.328. The van der Waals surface area contributed by atoms with Crippen LogP contribution in [0.25, 0.3) is 11.0 Å². The fourth-order valence-electron chi connectivity index (χ4n) is 5.13. The van der Waals surface area contributed by atoms with E-state index in [2.05, 4.69) is 9.97 Å². The Bertz CT molecular complexity index is 1360. The summed E-state index contributed by atoms with van der Waals surface area (Å²) in [6.45, 7) is 1.03. The summed E-state index contributed by atoms with van der Waals surface area (Å²) in [6, 6.07) is 17.7. The number of hydrogen-bond donors (Lipinski definition) is 3. The predicted octanol–water partition coefficient (Wildman–Crippen LogP) is 2.64. The minimum Gasteiger partial charge on any atom is -0.387 e. The van der Waals surface area contributed by atoms with Crippen LogP contribution in [0.4, 0.5) is 0 Å². The monoisotopic (exact) mass is 487 g/mol. The van der Waals surface area contributed by atoms with Crippen LogP contribution in [-0.4, -0.2) is 54.8 Å². The Morgan fingerprint density at radius 1 is 1.00 bits per heavy atom. The van der Waals surface area contributed by atoms with Crippen LogP contribution in [0.15, 0.2) is 67.1 Å². The van der Waals surface area contributed by atoms with E-state index in [-0.39, 0.29) is 0 Å². The Morgan fingerprint density at radius 3 is 2.61 bits per heavy atom. The Hall–Kier alpha value is -3.14. The fraction of sp³-hybridized carbons (Fsp3) is 0.357. The molecule has 2 aromatic carbocycles. The van der Waals surface area contributed by atoms with Crippen molar-refractivity contribution in [1.82, 2.24) is 14.5 Å². The van der Waals surface area contributed by atoms with Gasteiger partial charge in [0.15, 0.2) is 6.23 Å². The van der Waals surface area contributed by atoms with Crippen LogP contribution in [0.2, 0.25) is 0 Å².